The van der Waals surface area contributed by atoms with E-state index in [-0.39, 0.29) is 18.5 Å². The molecule has 1 aliphatic heterocycles. The number of hydrogen-bond donors (Lipinski definition) is 1. The van der Waals surface area contributed by atoms with Crippen LogP contribution in [0.4, 0.5) is 4.39 Å². The molecular weight excluding hydrogens is 301 g/mol. The molecule has 5 nitrogen and oxygen atoms in total. The first-order valence-corrected chi connectivity index (χ1v) is 7.20. The lowest BCUT2D eigenvalue weighted by molar-refractivity contribution is -0.127. The number of fused-ring (bicyclic) bond motifs is 1. The van der Waals surface area contributed by atoms with E-state index in [2.05, 4.69) is 5.32 Å². The van der Waals surface area contributed by atoms with Crippen LogP contribution in [0.25, 0.3) is 0 Å². The van der Waals surface area contributed by atoms with Gasteiger partial charge in [0.2, 0.25) is 6.79 Å². The van der Waals surface area contributed by atoms with Crippen LogP contribution in [0.2, 0.25) is 0 Å². The Morgan fingerprint density at radius 2 is 1.96 bits per heavy atom. The molecule has 1 N–H and O–H groups in total. The molecule has 0 saturated carbocycles. The third-order valence-electron chi connectivity index (χ3n) is 3.40. The van der Waals surface area contributed by atoms with Gasteiger partial charge in [-0.15, -0.1) is 0 Å². The normalized spacial score (nSPS) is 13.5. The molecule has 120 valence electrons. The molecule has 3 rings (SSSR count). The highest BCUT2D eigenvalue weighted by molar-refractivity contribution is 5.80. The van der Waals surface area contributed by atoms with Crippen LogP contribution in [0, 0.1) is 5.82 Å². The van der Waals surface area contributed by atoms with Crippen LogP contribution < -0.4 is 19.5 Å². The van der Waals surface area contributed by atoms with E-state index in [0.717, 1.165) is 5.56 Å². The molecule has 23 heavy (non-hydrogen) atoms. The Kier molecular flexibility index (Phi) is 4.32. The Balaban J connectivity index is 1.53. The molecule has 6 heteroatoms. The average Bonchev–Trinajstić information content (AvgIpc) is 3.02. The number of hydrogen-bond acceptors (Lipinski definition) is 4. The molecule has 1 amide bonds. The molecule has 0 fully saturated rings. The van der Waals surface area contributed by atoms with Crippen molar-refractivity contribution < 1.29 is 23.4 Å². The smallest absolute Gasteiger partial charge is 0.261 e. The number of benzene rings is 2. The maximum Gasteiger partial charge on any atom is 0.261 e. The molecule has 1 atom stereocenters. The molecule has 0 saturated heterocycles. The monoisotopic (exact) mass is 317 g/mol. The van der Waals surface area contributed by atoms with Gasteiger partial charge in [-0.25, -0.2) is 4.39 Å². The fourth-order valence-electron chi connectivity index (χ4n) is 2.15. The lowest BCUT2D eigenvalue weighted by Crippen LogP contribution is -2.35. The van der Waals surface area contributed by atoms with Gasteiger partial charge in [0.25, 0.3) is 5.91 Å². The summed E-state index contributed by atoms with van der Waals surface area (Å²) in [6.45, 7) is 2.21. The summed E-state index contributed by atoms with van der Waals surface area (Å²) in [5, 5.41) is 2.79. The molecule has 0 radical (unpaired) electrons. The van der Waals surface area contributed by atoms with Gasteiger partial charge in [0.15, 0.2) is 17.6 Å². The predicted molar refractivity (Wildman–Crippen MR) is 80.9 cm³/mol. The lowest BCUT2D eigenvalue weighted by atomic mass is 10.2. The number of nitrogens with one attached hydrogen (secondary N) is 1. The Hall–Kier alpha value is -2.76. The van der Waals surface area contributed by atoms with Crippen molar-refractivity contribution in [2.24, 2.45) is 0 Å². The van der Waals surface area contributed by atoms with Crippen LogP contribution in [0.1, 0.15) is 12.5 Å². The van der Waals surface area contributed by atoms with Gasteiger partial charge in [0.05, 0.1) is 0 Å². The minimum Gasteiger partial charge on any atom is -0.481 e. The van der Waals surface area contributed by atoms with E-state index in [9.17, 15) is 9.18 Å². The van der Waals surface area contributed by atoms with Crippen molar-refractivity contribution in [1.82, 2.24) is 5.32 Å². The molecule has 2 aromatic rings. The van der Waals surface area contributed by atoms with Gasteiger partial charge >= 0.3 is 0 Å². The van der Waals surface area contributed by atoms with Crippen LogP contribution in [0.15, 0.2) is 42.5 Å². The van der Waals surface area contributed by atoms with E-state index in [0.29, 0.717) is 23.8 Å². The molecule has 0 bridgehead atoms. The van der Waals surface area contributed by atoms with Gasteiger partial charge in [-0.2, -0.15) is 0 Å². The van der Waals surface area contributed by atoms with Gasteiger partial charge in [-0.05, 0) is 48.9 Å². The Morgan fingerprint density at radius 3 is 2.74 bits per heavy atom. The fraction of sp³-hybridized carbons (Fsp3) is 0.235. The van der Waals surface area contributed by atoms with Gasteiger partial charge in [0, 0.05) is 6.54 Å². The van der Waals surface area contributed by atoms with Crippen LogP contribution in [0.3, 0.4) is 0 Å². The highest BCUT2D eigenvalue weighted by Gasteiger charge is 2.16. The molecule has 0 unspecified atom stereocenters. The molecule has 0 aromatic heterocycles. The zero-order chi connectivity index (χ0) is 16.2. The van der Waals surface area contributed by atoms with E-state index < -0.39 is 6.10 Å². The first-order chi connectivity index (χ1) is 11.1. The van der Waals surface area contributed by atoms with Crippen molar-refractivity contribution >= 4 is 5.91 Å². The van der Waals surface area contributed by atoms with Crippen molar-refractivity contribution in [3.05, 3.63) is 53.8 Å². The molecule has 2 aromatic carbocycles. The maximum atomic E-state index is 12.8. The molecular formula is C17H16FNO4. The molecule has 1 aliphatic rings. The zero-order valence-corrected chi connectivity index (χ0v) is 12.5. The highest BCUT2D eigenvalue weighted by atomic mass is 19.1. The highest BCUT2D eigenvalue weighted by Crippen LogP contribution is 2.32. The lowest BCUT2D eigenvalue weighted by Gasteiger charge is -2.14. The number of amides is 1. The van der Waals surface area contributed by atoms with E-state index in [1.54, 1.807) is 6.92 Å². The fourth-order valence-corrected chi connectivity index (χ4v) is 2.15. The van der Waals surface area contributed by atoms with Crippen molar-refractivity contribution in [3.8, 4) is 17.2 Å². The van der Waals surface area contributed by atoms with E-state index in [1.165, 1.54) is 24.3 Å². The van der Waals surface area contributed by atoms with Gasteiger partial charge in [0.1, 0.15) is 11.6 Å². The summed E-state index contributed by atoms with van der Waals surface area (Å²) in [5.41, 5.74) is 0.900. The predicted octanol–water partition coefficient (Wildman–Crippen LogP) is 2.64. The van der Waals surface area contributed by atoms with Crippen LogP contribution in [0.5, 0.6) is 17.2 Å². The summed E-state index contributed by atoms with van der Waals surface area (Å²) >= 11 is 0. The third-order valence-corrected chi connectivity index (χ3v) is 3.40. The second-order valence-corrected chi connectivity index (χ2v) is 5.12. The average molecular weight is 317 g/mol. The van der Waals surface area contributed by atoms with Crippen molar-refractivity contribution in [3.63, 3.8) is 0 Å². The van der Waals surface area contributed by atoms with Crippen LogP contribution >= 0.6 is 0 Å². The largest absolute Gasteiger partial charge is 0.481 e. The maximum absolute atomic E-state index is 12.8. The van der Waals surface area contributed by atoms with Crippen molar-refractivity contribution in [2.75, 3.05) is 6.79 Å². The second kappa shape index (κ2) is 6.56. The summed E-state index contributed by atoms with van der Waals surface area (Å²) < 4.78 is 28.8. The standard InChI is InChI=1S/C17H16FNO4/c1-11(23-14-5-3-13(18)4-6-14)17(20)19-9-12-2-7-15-16(8-12)22-10-21-15/h2-8,11H,9-10H2,1H3,(H,19,20)/t11-/m1/s1. The first kappa shape index (κ1) is 15.1. The van der Waals surface area contributed by atoms with Crippen LogP contribution in [-0.4, -0.2) is 18.8 Å². The SMILES string of the molecule is C[C@@H](Oc1ccc(F)cc1)C(=O)NCc1ccc2c(c1)OCO2. The minimum atomic E-state index is -0.686. The number of carbonyl (C=O) groups is 1. The Bertz CT molecular complexity index is 702. The first-order valence-electron chi connectivity index (χ1n) is 7.20. The summed E-state index contributed by atoms with van der Waals surface area (Å²) in [6, 6.07) is 11.0. The summed E-state index contributed by atoms with van der Waals surface area (Å²) in [7, 11) is 0. The van der Waals surface area contributed by atoms with Crippen LogP contribution in [-0.2, 0) is 11.3 Å². The Morgan fingerprint density at radius 1 is 1.22 bits per heavy atom. The second-order valence-electron chi connectivity index (χ2n) is 5.12. The third kappa shape index (κ3) is 3.71. The summed E-state index contributed by atoms with van der Waals surface area (Å²) in [5.74, 6) is 1.21. The van der Waals surface area contributed by atoms with Gasteiger partial charge in [-0.3, -0.25) is 4.79 Å². The molecule has 0 spiro atoms. The quantitative estimate of drug-likeness (QED) is 0.921. The van der Waals surface area contributed by atoms with Gasteiger partial charge < -0.3 is 19.5 Å². The van der Waals surface area contributed by atoms with Crippen molar-refractivity contribution in [2.45, 2.75) is 19.6 Å². The zero-order valence-electron chi connectivity index (χ0n) is 12.5. The van der Waals surface area contributed by atoms with E-state index >= 15 is 0 Å². The molecule has 0 aliphatic carbocycles. The van der Waals surface area contributed by atoms with E-state index in [1.807, 2.05) is 18.2 Å². The summed E-state index contributed by atoms with van der Waals surface area (Å²) in [6.07, 6.45) is -0.686. The molecule has 1 heterocycles. The minimum absolute atomic E-state index is 0.216. The topological polar surface area (TPSA) is 56.8 Å². The Labute approximate surface area is 133 Å². The van der Waals surface area contributed by atoms with Gasteiger partial charge in [-0.1, -0.05) is 6.07 Å². The number of rotatable bonds is 5. The number of carbonyl (C=O) groups excluding carboxylic acids is 1. The number of halogens is 1. The van der Waals surface area contributed by atoms with Crippen molar-refractivity contribution in [1.29, 1.82) is 0 Å². The van der Waals surface area contributed by atoms with E-state index in [4.69, 9.17) is 14.2 Å². The summed E-state index contributed by atoms with van der Waals surface area (Å²) in [4.78, 5) is 12.1. The number of ether oxygens (including phenoxy) is 3.